The van der Waals surface area contributed by atoms with Crippen LogP contribution in [0.2, 0.25) is 0 Å². The van der Waals surface area contributed by atoms with Crippen molar-refractivity contribution >= 4 is 0 Å². The molecule has 1 atom stereocenters. The first kappa shape index (κ1) is 6.80. The second-order valence-corrected chi connectivity index (χ2v) is 3.04. The van der Waals surface area contributed by atoms with Gasteiger partial charge in [0.25, 0.3) is 0 Å². The van der Waals surface area contributed by atoms with Crippen LogP contribution >= 0.6 is 0 Å². The van der Waals surface area contributed by atoms with E-state index in [2.05, 4.69) is 5.73 Å². The van der Waals surface area contributed by atoms with Gasteiger partial charge in [-0.05, 0) is 18.1 Å². The van der Waals surface area contributed by atoms with Crippen LogP contribution in [0.4, 0.5) is 4.39 Å². The fourth-order valence-corrected chi connectivity index (χ4v) is 1.70. The maximum absolute atomic E-state index is 13.0. The fourth-order valence-electron chi connectivity index (χ4n) is 1.70. The third-order valence-electron chi connectivity index (χ3n) is 2.34. The standard InChI is InChI=1S/C9H10FN/c10-8-3-1-2-7-6(8)4-5-9(7)11/h1-3,9H,4-5,11H2/p+1/t9-/m1/s1. The Balaban J connectivity index is 2.57. The lowest BCUT2D eigenvalue weighted by atomic mass is 10.1. The first-order valence-electron chi connectivity index (χ1n) is 3.89. The smallest absolute Gasteiger partial charge is 0.126 e. The number of quaternary nitrogens is 1. The van der Waals surface area contributed by atoms with Gasteiger partial charge in [-0.3, -0.25) is 0 Å². The van der Waals surface area contributed by atoms with Crippen molar-refractivity contribution in [1.29, 1.82) is 0 Å². The average molecular weight is 152 g/mol. The van der Waals surface area contributed by atoms with Crippen molar-refractivity contribution in [3.8, 4) is 0 Å². The van der Waals surface area contributed by atoms with E-state index in [0.717, 1.165) is 24.0 Å². The zero-order valence-corrected chi connectivity index (χ0v) is 6.31. The summed E-state index contributed by atoms with van der Waals surface area (Å²) in [6.45, 7) is 0. The number of rotatable bonds is 0. The van der Waals surface area contributed by atoms with Crippen molar-refractivity contribution in [3.63, 3.8) is 0 Å². The number of benzene rings is 1. The minimum Gasteiger partial charge on any atom is -0.351 e. The molecule has 2 rings (SSSR count). The molecular weight excluding hydrogens is 141 g/mol. The first-order chi connectivity index (χ1) is 5.29. The Hall–Kier alpha value is -0.890. The van der Waals surface area contributed by atoms with Gasteiger partial charge >= 0.3 is 0 Å². The quantitative estimate of drug-likeness (QED) is 0.575. The van der Waals surface area contributed by atoms with E-state index in [0.29, 0.717) is 6.04 Å². The lowest BCUT2D eigenvalue weighted by Crippen LogP contribution is -2.52. The van der Waals surface area contributed by atoms with Gasteiger partial charge in [0.1, 0.15) is 11.9 Å². The van der Waals surface area contributed by atoms with Crippen molar-refractivity contribution in [2.75, 3.05) is 0 Å². The number of fused-ring (bicyclic) bond motifs is 1. The summed E-state index contributed by atoms with van der Waals surface area (Å²) in [5.74, 6) is -0.0614. The predicted molar refractivity (Wildman–Crippen MR) is 40.4 cm³/mol. The summed E-state index contributed by atoms with van der Waals surface area (Å²) in [4.78, 5) is 0. The van der Waals surface area contributed by atoms with Gasteiger partial charge in [0.15, 0.2) is 0 Å². The Morgan fingerprint density at radius 3 is 3.00 bits per heavy atom. The normalized spacial score (nSPS) is 21.8. The lowest BCUT2D eigenvalue weighted by Gasteiger charge is -2.00. The summed E-state index contributed by atoms with van der Waals surface area (Å²) in [6, 6.07) is 5.57. The van der Waals surface area contributed by atoms with Gasteiger partial charge in [-0.1, -0.05) is 12.1 Å². The van der Waals surface area contributed by atoms with Crippen LogP contribution in [0.1, 0.15) is 23.6 Å². The highest BCUT2D eigenvalue weighted by Crippen LogP contribution is 2.29. The Kier molecular flexibility index (Phi) is 1.43. The number of hydrogen-bond donors (Lipinski definition) is 1. The molecule has 0 aliphatic heterocycles. The van der Waals surface area contributed by atoms with Crippen molar-refractivity contribution in [3.05, 3.63) is 35.1 Å². The number of hydrogen-bond acceptors (Lipinski definition) is 0. The van der Waals surface area contributed by atoms with Crippen LogP contribution in [-0.2, 0) is 6.42 Å². The van der Waals surface area contributed by atoms with Gasteiger partial charge in [-0.2, -0.15) is 0 Å². The molecule has 1 nitrogen and oxygen atoms in total. The summed E-state index contributed by atoms with van der Waals surface area (Å²) in [7, 11) is 0. The van der Waals surface area contributed by atoms with Crippen LogP contribution in [-0.4, -0.2) is 0 Å². The molecule has 1 aromatic rings. The molecule has 58 valence electrons. The Labute approximate surface area is 65.0 Å². The minimum atomic E-state index is -0.0614. The molecular formula is C9H11FN+. The number of halogens is 1. The summed E-state index contributed by atoms with van der Waals surface area (Å²) in [6.07, 6.45) is 1.85. The summed E-state index contributed by atoms with van der Waals surface area (Å²) in [5, 5.41) is 0. The Morgan fingerprint density at radius 2 is 2.27 bits per heavy atom. The zero-order valence-electron chi connectivity index (χ0n) is 6.31. The van der Waals surface area contributed by atoms with Crippen molar-refractivity contribution in [1.82, 2.24) is 0 Å². The third kappa shape index (κ3) is 0.942. The lowest BCUT2D eigenvalue weighted by molar-refractivity contribution is -0.425. The summed E-state index contributed by atoms with van der Waals surface area (Å²) < 4.78 is 13.0. The fraction of sp³-hybridized carbons (Fsp3) is 0.333. The maximum Gasteiger partial charge on any atom is 0.126 e. The minimum absolute atomic E-state index is 0.0614. The molecule has 0 unspecified atom stereocenters. The topological polar surface area (TPSA) is 27.6 Å². The SMILES string of the molecule is [NH3+][C@@H]1CCc2c(F)cccc21. The van der Waals surface area contributed by atoms with Crippen LogP contribution in [0.3, 0.4) is 0 Å². The largest absolute Gasteiger partial charge is 0.351 e. The Bertz CT molecular complexity index is 283. The zero-order chi connectivity index (χ0) is 7.84. The van der Waals surface area contributed by atoms with Gasteiger partial charge in [0.05, 0.1) is 0 Å². The summed E-state index contributed by atoms with van der Waals surface area (Å²) >= 11 is 0. The molecule has 0 spiro atoms. The highest BCUT2D eigenvalue weighted by molar-refractivity contribution is 5.33. The molecule has 0 radical (unpaired) electrons. The monoisotopic (exact) mass is 152 g/mol. The van der Waals surface area contributed by atoms with E-state index in [1.807, 2.05) is 6.07 Å². The molecule has 0 heterocycles. The van der Waals surface area contributed by atoms with Crippen molar-refractivity contribution < 1.29 is 10.1 Å². The van der Waals surface area contributed by atoms with Crippen molar-refractivity contribution in [2.24, 2.45) is 0 Å². The van der Waals surface area contributed by atoms with E-state index in [9.17, 15) is 4.39 Å². The van der Waals surface area contributed by atoms with E-state index >= 15 is 0 Å². The molecule has 1 aliphatic rings. The maximum atomic E-state index is 13.0. The van der Waals surface area contributed by atoms with Gasteiger partial charge in [-0.25, -0.2) is 4.39 Å². The molecule has 0 amide bonds. The molecule has 1 aromatic carbocycles. The first-order valence-corrected chi connectivity index (χ1v) is 3.89. The second-order valence-electron chi connectivity index (χ2n) is 3.04. The van der Waals surface area contributed by atoms with Crippen LogP contribution < -0.4 is 5.73 Å². The van der Waals surface area contributed by atoms with E-state index in [1.54, 1.807) is 6.07 Å². The highest BCUT2D eigenvalue weighted by Gasteiger charge is 2.23. The van der Waals surface area contributed by atoms with Crippen LogP contribution in [0.5, 0.6) is 0 Å². The Morgan fingerprint density at radius 1 is 1.45 bits per heavy atom. The molecule has 3 N–H and O–H groups in total. The molecule has 0 saturated carbocycles. The molecule has 0 fully saturated rings. The van der Waals surface area contributed by atoms with Crippen molar-refractivity contribution in [2.45, 2.75) is 18.9 Å². The highest BCUT2D eigenvalue weighted by atomic mass is 19.1. The second kappa shape index (κ2) is 2.31. The predicted octanol–water partition coefficient (Wildman–Crippen LogP) is 1.05. The van der Waals surface area contributed by atoms with E-state index in [-0.39, 0.29) is 5.82 Å². The van der Waals surface area contributed by atoms with Gasteiger partial charge in [0.2, 0.25) is 0 Å². The van der Waals surface area contributed by atoms with E-state index in [1.165, 1.54) is 6.07 Å². The molecule has 0 saturated heterocycles. The van der Waals surface area contributed by atoms with Crippen LogP contribution in [0, 0.1) is 5.82 Å². The van der Waals surface area contributed by atoms with Gasteiger partial charge in [0, 0.05) is 12.0 Å². The van der Waals surface area contributed by atoms with Gasteiger partial charge < -0.3 is 5.73 Å². The van der Waals surface area contributed by atoms with Crippen LogP contribution in [0.15, 0.2) is 18.2 Å². The molecule has 2 heteroatoms. The van der Waals surface area contributed by atoms with E-state index in [4.69, 9.17) is 0 Å². The molecule has 0 aromatic heterocycles. The van der Waals surface area contributed by atoms with Gasteiger partial charge in [-0.15, -0.1) is 0 Å². The third-order valence-corrected chi connectivity index (χ3v) is 2.34. The molecule has 0 bridgehead atoms. The van der Waals surface area contributed by atoms with E-state index < -0.39 is 0 Å². The average Bonchev–Trinajstić information content (AvgIpc) is 2.35. The van der Waals surface area contributed by atoms with Crippen LogP contribution in [0.25, 0.3) is 0 Å². The molecule has 1 aliphatic carbocycles. The summed E-state index contributed by atoms with van der Waals surface area (Å²) in [5.41, 5.74) is 5.94. The molecule has 11 heavy (non-hydrogen) atoms.